The van der Waals surface area contributed by atoms with Crippen molar-refractivity contribution >= 4 is 23.1 Å². The summed E-state index contributed by atoms with van der Waals surface area (Å²) in [6, 6.07) is 22.4. The molecule has 0 saturated carbocycles. The zero-order valence-electron chi connectivity index (χ0n) is 12.7. The molecular weight excluding hydrogens is 287 g/mol. The van der Waals surface area contributed by atoms with Crippen LogP contribution in [0.3, 0.4) is 0 Å². The molecule has 0 N–H and O–H groups in total. The SMILES string of the molecule is Cc1ccccc1[P@@]1(=O)c2ccccc2-c2cccc(C)c21. The lowest BCUT2D eigenvalue weighted by Crippen LogP contribution is -2.24. The quantitative estimate of drug-likeness (QED) is 0.487. The van der Waals surface area contributed by atoms with Crippen LogP contribution in [0.2, 0.25) is 0 Å². The van der Waals surface area contributed by atoms with Crippen molar-refractivity contribution in [3.63, 3.8) is 0 Å². The van der Waals surface area contributed by atoms with Crippen LogP contribution < -0.4 is 15.9 Å². The second kappa shape index (κ2) is 4.69. The minimum atomic E-state index is -2.78. The fraction of sp³-hybridized carbons (Fsp3) is 0.100. The van der Waals surface area contributed by atoms with Crippen LogP contribution in [0.25, 0.3) is 11.1 Å². The summed E-state index contributed by atoms with van der Waals surface area (Å²) in [5, 5.41) is 2.97. The summed E-state index contributed by atoms with van der Waals surface area (Å²) in [7, 11) is -2.78. The molecule has 108 valence electrons. The van der Waals surface area contributed by atoms with Crippen LogP contribution in [-0.2, 0) is 4.57 Å². The smallest absolute Gasteiger partial charge is 0.172 e. The largest absolute Gasteiger partial charge is 0.309 e. The van der Waals surface area contributed by atoms with E-state index in [2.05, 4.69) is 31.2 Å². The number of aryl methyl sites for hydroxylation is 2. The van der Waals surface area contributed by atoms with Gasteiger partial charge in [-0.1, -0.05) is 66.7 Å². The molecule has 0 amide bonds. The average molecular weight is 304 g/mol. The summed E-state index contributed by atoms with van der Waals surface area (Å²) in [6.45, 7) is 4.11. The summed E-state index contributed by atoms with van der Waals surface area (Å²) in [5.74, 6) is 0. The van der Waals surface area contributed by atoms with E-state index in [1.807, 2.05) is 49.4 Å². The second-order valence-electron chi connectivity index (χ2n) is 5.88. The van der Waals surface area contributed by atoms with Crippen LogP contribution in [0, 0.1) is 13.8 Å². The normalized spacial score (nSPS) is 18.8. The Morgan fingerprint density at radius 1 is 0.636 bits per heavy atom. The van der Waals surface area contributed by atoms with Gasteiger partial charge in [-0.25, -0.2) is 0 Å². The molecule has 2 heteroatoms. The van der Waals surface area contributed by atoms with Gasteiger partial charge in [0.1, 0.15) is 0 Å². The van der Waals surface area contributed by atoms with Crippen LogP contribution in [-0.4, -0.2) is 0 Å². The molecule has 0 fully saturated rings. The zero-order chi connectivity index (χ0) is 15.3. The van der Waals surface area contributed by atoms with Gasteiger partial charge in [0.25, 0.3) is 0 Å². The highest BCUT2D eigenvalue weighted by atomic mass is 31.2. The summed E-state index contributed by atoms with van der Waals surface area (Å²) >= 11 is 0. The van der Waals surface area contributed by atoms with Crippen LogP contribution in [0.4, 0.5) is 0 Å². The van der Waals surface area contributed by atoms with Crippen LogP contribution in [0.15, 0.2) is 66.7 Å². The highest BCUT2D eigenvalue weighted by molar-refractivity contribution is 7.86. The zero-order valence-corrected chi connectivity index (χ0v) is 13.6. The number of hydrogen-bond donors (Lipinski definition) is 0. The van der Waals surface area contributed by atoms with Gasteiger partial charge < -0.3 is 4.57 Å². The maximum atomic E-state index is 14.3. The van der Waals surface area contributed by atoms with E-state index in [4.69, 9.17) is 0 Å². The molecule has 1 atom stereocenters. The van der Waals surface area contributed by atoms with Crippen molar-refractivity contribution in [2.45, 2.75) is 13.8 Å². The predicted octanol–water partition coefficient (Wildman–Crippen LogP) is 3.92. The minimum absolute atomic E-state index is 0.968. The fourth-order valence-corrected chi connectivity index (χ4v) is 7.10. The number of hydrogen-bond acceptors (Lipinski definition) is 1. The molecule has 3 aromatic carbocycles. The Bertz CT molecular complexity index is 940. The molecular formula is C20H17OP. The molecule has 0 aromatic heterocycles. The Balaban J connectivity index is 2.18. The third-order valence-electron chi connectivity index (χ3n) is 4.54. The van der Waals surface area contributed by atoms with E-state index in [-0.39, 0.29) is 0 Å². The summed E-state index contributed by atoms with van der Waals surface area (Å²) in [4.78, 5) is 0. The van der Waals surface area contributed by atoms with E-state index in [9.17, 15) is 4.57 Å². The van der Waals surface area contributed by atoms with E-state index in [1.165, 1.54) is 0 Å². The van der Waals surface area contributed by atoms with Crippen LogP contribution >= 0.6 is 7.14 Å². The van der Waals surface area contributed by atoms with Gasteiger partial charge in [-0.2, -0.15) is 0 Å². The molecule has 0 unspecified atom stereocenters. The Hall–Kier alpha value is -2.11. The molecule has 1 aliphatic rings. The van der Waals surface area contributed by atoms with Gasteiger partial charge >= 0.3 is 0 Å². The van der Waals surface area contributed by atoms with Crippen molar-refractivity contribution < 1.29 is 4.57 Å². The number of benzene rings is 3. The molecule has 4 rings (SSSR count). The molecule has 0 aliphatic carbocycles. The average Bonchev–Trinajstić information content (AvgIpc) is 2.80. The predicted molar refractivity (Wildman–Crippen MR) is 94.3 cm³/mol. The van der Waals surface area contributed by atoms with Gasteiger partial charge in [0, 0.05) is 15.9 Å². The third kappa shape index (κ3) is 1.63. The number of rotatable bonds is 1. The van der Waals surface area contributed by atoms with Crippen LogP contribution in [0.5, 0.6) is 0 Å². The first kappa shape index (κ1) is 13.5. The van der Waals surface area contributed by atoms with Crippen LogP contribution in [0.1, 0.15) is 11.1 Å². The topological polar surface area (TPSA) is 17.1 Å². The van der Waals surface area contributed by atoms with Gasteiger partial charge in [0.2, 0.25) is 0 Å². The summed E-state index contributed by atoms with van der Waals surface area (Å²) in [5.41, 5.74) is 4.45. The van der Waals surface area contributed by atoms with Crippen molar-refractivity contribution in [1.82, 2.24) is 0 Å². The molecule has 0 saturated heterocycles. The maximum absolute atomic E-state index is 14.3. The maximum Gasteiger partial charge on any atom is 0.172 e. The van der Waals surface area contributed by atoms with Crippen molar-refractivity contribution in [3.05, 3.63) is 77.9 Å². The third-order valence-corrected chi connectivity index (χ3v) is 8.01. The van der Waals surface area contributed by atoms with E-state index in [0.29, 0.717) is 0 Å². The molecule has 1 nitrogen and oxygen atoms in total. The molecule has 1 aliphatic heterocycles. The first-order valence-corrected chi connectivity index (χ1v) is 9.21. The van der Waals surface area contributed by atoms with Crippen molar-refractivity contribution in [1.29, 1.82) is 0 Å². The van der Waals surface area contributed by atoms with E-state index < -0.39 is 7.14 Å². The van der Waals surface area contributed by atoms with Gasteiger partial charge in [0.05, 0.1) is 0 Å². The standard InChI is InChI=1S/C20H17OP/c1-14-8-3-5-12-18(14)22(21)19-13-6-4-10-16(19)17-11-7-9-15(2)20(17)22/h3-13H,1-2H3/t22-/m1/s1. The second-order valence-corrected chi connectivity index (χ2v) is 8.51. The lowest BCUT2D eigenvalue weighted by Gasteiger charge is -2.19. The monoisotopic (exact) mass is 304 g/mol. The molecule has 0 spiro atoms. The Morgan fingerprint density at radius 2 is 1.23 bits per heavy atom. The first-order chi connectivity index (χ1) is 10.6. The molecule has 3 aromatic rings. The van der Waals surface area contributed by atoms with E-state index in [1.54, 1.807) is 0 Å². The first-order valence-electron chi connectivity index (χ1n) is 7.50. The number of fused-ring (bicyclic) bond motifs is 3. The Labute approximate surface area is 131 Å². The minimum Gasteiger partial charge on any atom is -0.309 e. The van der Waals surface area contributed by atoms with Gasteiger partial charge in [0.15, 0.2) is 7.14 Å². The lowest BCUT2D eigenvalue weighted by atomic mass is 10.0. The fourth-order valence-electron chi connectivity index (χ4n) is 3.56. The molecule has 0 radical (unpaired) electrons. The van der Waals surface area contributed by atoms with E-state index >= 15 is 0 Å². The van der Waals surface area contributed by atoms with Crippen molar-refractivity contribution in [2.24, 2.45) is 0 Å². The molecule has 1 heterocycles. The summed E-state index contributed by atoms with van der Waals surface area (Å²) in [6.07, 6.45) is 0. The Morgan fingerprint density at radius 3 is 2.00 bits per heavy atom. The van der Waals surface area contributed by atoms with Crippen molar-refractivity contribution in [2.75, 3.05) is 0 Å². The Kier molecular flexibility index (Phi) is 2.89. The van der Waals surface area contributed by atoms with E-state index in [0.717, 1.165) is 38.2 Å². The highest BCUT2D eigenvalue weighted by Gasteiger charge is 2.41. The summed E-state index contributed by atoms with van der Waals surface area (Å²) < 4.78 is 14.3. The highest BCUT2D eigenvalue weighted by Crippen LogP contribution is 2.53. The molecule has 0 bridgehead atoms. The molecule has 22 heavy (non-hydrogen) atoms. The lowest BCUT2D eigenvalue weighted by molar-refractivity contribution is 0.593. The van der Waals surface area contributed by atoms with Gasteiger partial charge in [-0.3, -0.25) is 0 Å². The van der Waals surface area contributed by atoms with Crippen molar-refractivity contribution in [3.8, 4) is 11.1 Å². The van der Waals surface area contributed by atoms with Gasteiger partial charge in [-0.15, -0.1) is 0 Å². The van der Waals surface area contributed by atoms with Gasteiger partial charge in [-0.05, 0) is 36.1 Å².